The molecule has 13 heteroatoms. The van der Waals surface area contributed by atoms with Crippen LogP contribution in [0.3, 0.4) is 0 Å². The van der Waals surface area contributed by atoms with Crippen molar-refractivity contribution >= 4 is 41.4 Å². The summed E-state index contributed by atoms with van der Waals surface area (Å²) >= 11 is 0. The first-order valence-corrected chi connectivity index (χ1v) is 11.4. The quantitative estimate of drug-likeness (QED) is 0.103. The van der Waals surface area contributed by atoms with E-state index in [0.29, 0.717) is 49.5 Å². The minimum Gasteiger partial charge on any atom is -0.465 e. The molecule has 0 aliphatic heterocycles. The van der Waals surface area contributed by atoms with Crippen LogP contribution in [0.5, 0.6) is 0 Å². The van der Waals surface area contributed by atoms with E-state index in [9.17, 15) is 14.0 Å². The van der Waals surface area contributed by atoms with Gasteiger partial charge in [-0.2, -0.15) is 15.0 Å². The van der Waals surface area contributed by atoms with Gasteiger partial charge in [0.25, 0.3) is 0 Å². The van der Waals surface area contributed by atoms with Crippen LogP contribution in [0.25, 0.3) is 0 Å². The molecule has 0 saturated heterocycles. The highest BCUT2D eigenvalue weighted by atomic mass is 19.1. The van der Waals surface area contributed by atoms with Gasteiger partial charge in [-0.25, -0.2) is 9.59 Å². The smallest absolute Gasteiger partial charge is 0.397 e. The number of ether oxygens (including phenoxy) is 3. The molecule has 0 fully saturated rings. The summed E-state index contributed by atoms with van der Waals surface area (Å²) < 4.78 is 27.4. The van der Waals surface area contributed by atoms with Gasteiger partial charge in [-0.1, -0.05) is 18.2 Å². The highest BCUT2D eigenvalue weighted by Crippen LogP contribution is 2.19. The van der Waals surface area contributed by atoms with Gasteiger partial charge in [0.1, 0.15) is 0 Å². The third kappa shape index (κ3) is 10.0. The van der Waals surface area contributed by atoms with E-state index >= 15 is 0 Å². The fourth-order valence-electron chi connectivity index (χ4n) is 2.93. The van der Waals surface area contributed by atoms with E-state index in [1.807, 2.05) is 35.6 Å². The minimum atomic E-state index is -1.58. The van der Waals surface area contributed by atoms with Crippen molar-refractivity contribution in [1.82, 2.24) is 20.3 Å². The van der Waals surface area contributed by atoms with Crippen molar-refractivity contribution in [3.63, 3.8) is 0 Å². The predicted octanol–water partition coefficient (Wildman–Crippen LogP) is 3.27. The Morgan fingerprint density at radius 2 is 1.32 bits per heavy atom. The number of anilines is 5. The summed E-state index contributed by atoms with van der Waals surface area (Å²) in [6, 6.07) is 16.2. The van der Waals surface area contributed by atoms with Crippen molar-refractivity contribution in [2.24, 2.45) is 0 Å². The number of amides is 1. The molecule has 12 nitrogen and oxygen atoms in total. The maximum Gasteiger partial charge on any atom is 0.397 e. The van der Waals surface area contributed by atoms with Gasteiger partial charge in [-0.05, 0) is 36.4 Å². The lowest BCUT2D eigenvalue weighted by Gasteiger charge is -2.12. The van der Waals surface area contributed by atoms with E-state index in [2.05, 4.69) is 30.9 Å². The van der Waals surface area contributed by atoms with Crippen LogP contribution in [0.15, 0.2) is 54.6 Å². The van der Waals surface area contributed by atoms with Crippen molar-refractivity contribution in [3.05, 3.63) is 60.2 Å². The molecule has 0 bridgehead atoms. The standard InChI is InChI=1S/C24H28FN7O5/c1-35-20(33)17-7-9-19(10-8-17)29-24-31-22(30-23(32-24)28-18-5-3-2-4-6-18)27-12-14-37-16-15-36-13-11-26-21(25)34/h2-10H,11-16H2,1H3,(H,26,34)(H3,27,28,29,30,31,32). The number of para-hydroxylation sites is 1. The number of hydrogen-bond acceptors (Lipinski definition) is 11. The number of benzene rings is 2. The van der Waals surface area contributed by atoms with Crippen LogP contribution in [0.2, 0.25) is 0 Å². The molecule has 1 aromatic heterocycles. The van der Waals surface area contributed by atoms with E-state index in [0.717, 1.165) is 5.69 Å². The number of rotatable bonds is 15. The van der Waals surface area contributed by atoms with Gasteiger partial charge in [-0.3, -0.25) is 0 Å². The zero-order chi connectivity index (χ0) is 26.3. The lowest BCUT2D eigenvalue weighted by molar-refractivity contribution is 0.0530. The molecule has 3 aromatic rings. The number of esters is 1. The Morgan fingerprint density at radius 1 is 0.757 bits per heavy atom. The lowest BCUT2D eigenvalue weighted by atomic mass is 10.2. The minimum absolute atomic E-state index is 0.0986. The number of nitrogens with one attached hydrogen (secondary N) is 4. The summed E-state index contributed by atoms with van der Waals surface area (Å²) in [6.07, 6.45) is -1.58. The molecule has 4 N–H and O–H groups in total. The van der Waals surface area contributed by atoms with Gasteiger partial charge in [0.2, 0.25) is 17.8 Å². The molecule has 37 heavy (non-hydrogen) atoms. The van der Waals surface area contributed by atoms with Crippen molar-refractivity contribution in [2.75, 3.05) is 62.6 Å². The van der Waals surface area contributed by atoms with Gasteiger partial charge >= 0.3 is 12.1 Å². The molecule has 0 atom stereocenters. The van der Waals surface area contributed by atoms with Crippen LogP contribution < -0.4 is 21.3 Å². The fraction of sp³-hybridized carbons (Fsp3) is 0.292. The second-order valence-electron chi connectivity index (χ2n) is 7.34. The molecular formula is C24H28FN7O5. The molecule has 0 spiro atoms. The average Bonchev–Trinajstić information content (AvgIpc) is 2.90. The van der Waals surface area contributed by atoms with Crippen LogP contribution in [0.4, 0.5) is 38.4 Å². The summed E-state index contributed by atoms with van der Waals surface area (Å²) in [5, 5.41) is 11.3. The summed E-state index contributed by atoms with van der Waals surface area (Å²) in [7, 11) is 1.33. The summed E-state index contributed by atoms with van der Waals surface area (Å²) in [5.41, 5.74) is 1.90. The largest absolute Gasteiger partial charge is 0.465 e. The number of hydrogen-bond donors (Lipinski definition) is 4. The Balaban J connectivity index is 1.55. The van der Waals surface area contributed by atoms with Gasteiger partial charge in [0.15, 0.2) is 0 Å². The van der Waals surface area contributed by atoms with Crippen molar-refractivity contribution in [2.45, 2.75) is 0 Å². The summed E-state index contributed by atoms with van der Waals surface area (Å²) in [4.78, 5) is 35.0. The third-order valence-electron chi connectivity index (χ3n) is 4.64. The Morgan fingerprint density at radius 3 is 1.92 bits per heavy atom. The normalized spacial score (nSPS) is 10.4. The Bertz CT molecular complexity index is 1140. The number of carbonyl (C=O) groups excluding carboxylic acids is 2. The monoisotopic (exact) mass is 513 g/mol. The van der Waals surface area contributed by atoms with Crippen LogP contribution in [0, 0.1) is 0 Å². The van der Waals surface area contributed by atoms with E-state index in [1.54, 1.807) is 24.3 Å². The highest BCUT2D eigenvalue weighted by molar-refractivity contribution is 5.89. The highest BCUT2D eigenvalue weighted by Gasteiger charge is 2.09. The zero-order valence-electron chi connectivity index (χ0n) is 20.2. The summed E-state index contributed by atoms with van der Waals surface area (Å²) in [5.74, 6) is 0.513. The first-order valence-electron chi connectivity index (χ1n) is 11.4. The van der Waals surface area contributed by atoms with Gasteiger partial charge in [0.05, 0.1) is 39.1 Å². The van der Waals surface area contributed by atoms with E-state index < -0.39 is 12.1 Å². The number of aromatic nitrogens is 3. The first kappa shape index (κ1) is 27.2. The number of nitrogens with zero attached hydrogens (tertiary/aromatic N) is 3. The molecule has 0 aliphatic carbocycles. The lowest BCUT2D eigenvalue weighted by Crippen LogP contribution is -2.23. The molecule has 1 amide bonds. The number of methoxy groups -OCH3 is 1. The molecule has 196 valence electrons. The third-order valence-corrected chi connectivity index (χ3v) is 4.64. The predicted molar refractivity (Wildman–Crippen MR) is 135 cm³/mol. The molecule has 0 unspecified atom stereocenters. The molecule has 2 aromatic carbocycles. The van der Waals surface area contributed by atoms with Crippen LogP contribution >= 0.6 is 0 Å². The van der Waals surface area contributed by atoms with E-state index in [1.165, 1.54) is 7.11 Å². The Kier molecular flexibility index (Phi) is 11.0. The molecule has 0 radical (unpaired) electrons. The second kappa shape index (κ2) is 14.9. The van der Waals surface area contributed by atoms with E-state index in [-0.39, 0.29) is 19.1 Å². The maximum absolute atomic E-state index is 12.0. The van der Waals surface area contributed by atoms with Crippen molar-refractivity contribution in [3.8, 4) is 0 Å². The van der Waals surface area contributed by atoms with Crippen molar-refractivity contribution < 1.29 is 28.2 Å². The average molecular weight is 514 g/mol. The Hall–Kier alpha value is -4.36. The molecule has 3 rings (SSSR count). The van der Waals surface area contributed by atoms with Crippen LogP contribution in [-0.2, 0) is 14.2 Å². The fourth-order valence-corrected chi connectivity index (χ4v) is 2.93. The molecular weight excluding hydrogens is 485 g/mol. The molecule has 0 aliphatic rings. The Labute approximate surface area is 213 Å². The topological polar surface area (TPSA) is 149 Å². The number of halogens is 1. The SMILES string of the molecule is COC(=O)c1ccc(Nc2nc(NCCOCCOCCNC(=O)F)nc(Nc3ccccc3)n2)cc1. The van der Waals surface area contributed by atoms with Crippen LogP contribution in [-0.4, -0.2) is 73.7 Å². The van der Waals surface area contributed by atoms with Gasteiger partial charge in [0, 0.05) is 24.5 Å². The number of carbonyl (C=O) groups is 2. The molecule has 1 heterocycles. The van der Waals surface area contributed by atoms with Crippen LogP contribution in [0.1, 0.15) is 10.4 Å². The first-order chi connectivity index (χ1) is 18.0. The summed E-state index contributed by atoms with van der Waals surface area (Å²) in [6.45, 7) is 1.71. The zero-order valence-corrected chi connectivity index (χ0v) is 20.2. The van der Waals surface area contributed by atoms with Gasteiger partial charge < -0.3 is 35.5 Å². The van der Waals surface area contributed by atoms with E-state index in [4.69, 9.17) is 14.2 Å². The second-order valence-corrected chi connectivity index (χ2v) is 7.34. The maximum atomic E-state index is 12.0. The molecule has 0 saturated carbocycles. The van der Waals surface area contributed by atoms with Crippen molar-refractivity contribution in [1.29, 1.82) is 0 Å². The van der Waals surface area contributed by atoms with Gasteiger partial charge in [-0.15, -0.1) is 4.39 Å².